The molecular weight excluding hydrogens is 256 g/mol. The van der Waals surface area contributed by atoms with E-state index in [2.05, 4.69) is 5.32 Å². The summed E-state index contributed by atoms with van der Waals surface area (Å²) < 4.78 is 5.05. The molecule has 18 heavy (non-hydrogen) atoms. The van der Waals surface area contributed by atoms with Gasteiger partial charge < -0.3 is 9.64 Å². The van der Waals surface area contributed by atoms with E-state index in [0.29, 0.717) is 6.54 Å². The Labute approximate surface area is 110 Å². The van der Waals surface area contributed by atoms with Crippen LogP contribution in [0.25, 0.3) is 0 Å². The number of carbonyl (C=O) groups is 2. The van der Waals surface area contributed by atoms with Crippen LogP contribution in [0.4, 0.5) is 4.79 Å². The molecule has 0 spiro atoms. The van der Waals surface area contributed by atoms with Crippen molar-refractivity contribution in [3.8, 4) is 5.75 Å². The minimum atomic E-state index is -0.603. The number of ether oxygens (including phenoxy) is 1. The molecule has 1 unspecified atom stereocenters. The van der Waals surface area contributed by atoms with Crippen molar-refractivity contribution in [2.24, 2.45) is 0 Å². The van der Waals surface area contributed by atoms with Gasteiger partial charge in [0.15, 0.2) is 0 Å². The maximum atomic E-state index is 11.6. The van der Waals surface area contributed by atoms with Crippen LogP contribution in [0.3, 0.4) is 0 Å². The molecule has 96 valence electrons. The first-order valence-corrected chi connectivity index (χ1v) is 5.91. The smallest absolute Gasteiger partial charge is 0.325 e. The van der Waals surface area contributed by atoms with Crippen LogP contribution in [0.15, 0.2) is 24.3 Å². The van der Waals surface area contributed by atoms with Crippen molar-refractivity contribution in [2.45, 2.75) is 18.5 Å². The summed E-state index contributed by atoms with van der Waals surface area (Å²) in [5.41, 5.74) is 0.319. The fraction of sp³-hybridized carbons (Fsp3) is 0.333. The Kier molecular flexibility index (Phi) is 3.72. The Morgan fingerprint density at radius 2 is 2.06 bits per heavy atom. The van der Waals surface area contributed by atoms with E-state index in [1.54, 1.807) is 7.11 Å². The fourth-order valence-corrected chi connectivity index (χ4v) is 2.03. The molecule has 0 aromatic heterocycles. The summed E-state index contributed by atoms with van der Waals surface area (Å²) in [5, 5.41) is 2.24. The average Bonchev–Trinajstić information content (AvgIpc) is 2.34. The highest BCUT2D eigenvalue weighted by Gasteiger charge is 2.30. The van der Waals surface area contributed by atoms with Crippen molar-refractivity contribution in [1.82, 2.24) is 10.2 Å². The second-order valence-corrected chi connectivity index (χ2v) is 4.47. The second kappa shape index (κ2) is 5.27. The minimum Gasteiger partial charge on any atom is -0.497 e. The number of methoxy groups -OCH3 is 1. The van der Waals surface area contributed by atoms with Gasteiger partial charge in [0.05, 0.1) is 13.5 Å². The first-order chi connectivity index (χ1) is 8.60. The molecule has 1 atom stereocenters. The maximum Gasteiger partial charge on any atom is 0.325 e. The van der Waals surface area contributed by atoms with E-state index >= 15 is 0 Å². The standard InChI is InChI=1S/C12H13ClN2O3/c1-18-9-4-2-8(3-5-9)7-15-10(13)6-11(16)14-12(15)17/h2-5,10H,6-7H2,1H3,(H,14,16,17). The van der Waals surface area contributed by atoms with Gasteiger partial charge in [-0.2, -0.15) is 0 Å². The molecule has 1 aliphatic rings. The molecule has 1 saturated heterocycles. The molecule has 0 bridgehead atoms. The van der Waals surface area contributed by atoms with Crippen LogP contribution < -0.4 is 10.1 Å². The van der Waals surface area contributed by atoms with Crippen molar-refractivity contribution in [3.63, 3.8) is 0 Å². The number of amides is 3. The largest absolute Gasteiger partial charge is 0.497 e. The summed E-state index contributed by atoms with van der Waals surface area (Å²) in [6.45, 7) is 0.358. The van der Waals surface area contributed by atoms with Crippen LogP contribution in [0.1, 0.15) is 12.0 Å². The van der Waals surface area contributed by atoms with Gasteiger partial charge in [0.25, 0.3) is 0 Å². The van der Waals surface area contributed by atoms with E-state index in [4.69, 9.17) is 16.3 Å². The molecule has 1 N–H and O–H groups in total. The van der Waals surface area contributed by atoms with Crippen LogP contribution in [-0.2, 0) is 11.3 Å². The summed E-state index contributed by atoms with van der Waals surface area (Å²) in [6, 6.07) is 6.87. The van der Waals surface area contributed by atoms with Gasteiger partial charge >= 0.3 is 6.03 Å². The number of carbonyl (C=O) groups excluding carboxylic acids is 2. The molecule has 1 aliphatic heterocycles. The first kappa shape index (κ1) is 12.7. The highest BCUT2D eigenvalue weighted by molar-refractivity contribution is 6.23. The predicted molar refractivity (Wildman–Crippen MR) is 66.3 cm³/mol. The van der Waals surface area contributed by atoms with Gasteiger partial charge in [0.1, 0.15) is 11.3 Å². The number of hydrogen-bond acceptors (Lipinski definition) is 3. The first-order valence-electron chi connectivity index (χ1n) is 5.47. The third-order valence-corrected chi connectivity index (χ3v) is 3.10. The lowest BCUT2D eigenvalue weighted by atomic mass is 10.2. The number of imide groups is 1. The van der Waals surface area contributed by atoms with Gasteiger partial charge in [0, 0.05) is 6.54 Å². The van der Waals surface area contributed by atoms with E-state index < -0.39 is 11.5 Å². The normalized spacial score (nSPS) is 19.7. The summed E-state index contributed by atoms with van der Waals surface area (Å²) in [5.74, 6) is 0.408. The van der Waals surface area contributed by atoms with E-state index in [0.717, 1.165) is 11.3 Å². The number of rotatable bonds is 3. The molecule has 6 heteroatoms. The predicted octanol–water partition coefficient (Wildman–Crippen LogP) is 1.70. The van der Waals surface area contributed by atoms with Crippen molar-refractivity contribution >= 4 is 23.5 Å². The molecule has 0 radical (unpaired) electrons. The molecule has 0 aliphatic carbocycles. The topological polar surface area (TPSA) is 58.6 Å². The SMILES string of the molecule is COc1ccc(CN2C(=O)NC(=O)CC2Cl)cc1. The van der Waals surface area contributed by atoms with Gasteiger partial charge in [-0.3, -0.25) is 10.1 Å². The van der Waals surface area contributed by atoms with E-state index in [-0.39, 0.29) is 12.3 Å². The molecule has 0 saturated carbocycles. The van der Waals surface area contributed by atoms with Crippen LogP contribution in [-0.4, -0.2) is 29.4 Å². The van der Waals surface area contributed by atoms with Gasteiger partial charge in [-0.05, 0) is 17.7 Å². The molecule has 1 fully saturated rings. The van der Waals surface area contributed by atoms with Crippen molar-refractivity contribution in [3.05, 3.63) is 29.8 Å². The van der Waals surface area contributed by atoms with E-state index in [1.807, 2.05) is 24.3 Å². The third kappa shape index (κ3) is 2.73. The van der Waals surface area contributed by atoms with Crippen LogP contribution >= 0.6 is 11.6 Å². The number of nitrogens with zero attached hydrogens (tertiary/aromatic N) is 1. The van der Waals surface area contributed by atoms with Gasteiger partial charge in [-0.1, -0.05) is 23.7 Å². The number of hydrogen-bond donors (Lipinski definition) is 1. The Bertz CT molecular complexity index is 461. The summed E-state index contributed by atoms with van der Waals surface area (Å²) in [4.78, 5) is 24.2. The Morgan fingerprint density at radius 1 is 1.39 bits per heavy atom. The van der Waals surface area contributed by atoms with E-state index in [9.17, 15) is 9.59 Å². The molecule has 3 amide bonds. The number of alkyl halides is 1. The third-order valence-electron chi connectivity index (χ3n) is 2.71. The zero-order valence-electron chi connectivity index (χ0n) is 9.85. The zero-order valence-corrected chi connectivity index (χ0v) is 10.6. The van der Waals surface area contributed by atoms with Crippen LogP contribution in [0.2, 0.25) is 0 Å². The highest BCUT2D eigenvalue weighted by Crippen LogP contribution is 2.19. The quantitative estimate of drug-likeness (QED) is 0.671. The number of halogens is 1. The van der Waals surface area contributed by atoms with Crippen LogP contribution in [0, 0.1) is 0 Å². The van der Waals surface area contributed by atoms with Gasteiger partial charge in [0.2, 0.25) is 5.91 Å². The summed E-state index contributed by atoms with van der Waals surface area (Å²) in [6.07, 6.45) is 0.115. The maximum absolute atomic E-state index is 11.6. The van der Waals surface area contributed by atoms with Crippen LogP contribution in [0.5, 0.6) is 5.75 Å². The van der Waals surface area contributed by atoms with Crippen molar-refractivity contribution < 1.29 is 14.3 Å². The average molecular weight is 269 g/mol. The Balaban J connectivity index is 2.07. The number of benzene rings is 1. The number of nitrogens with one attached hydrogen (secondary N) is 1. The minimum absolute atomic E-state index is 0.115. The number of urea groups is 1. The van der Waals surface area contributed by atoms with Gasteiger partial charge in [-0.15, -0.1) is 0 Å². The highest BCUT2D eigenvalue weighted by atomic mass is 35.5. The molecule has 2 rings (SSSR count). The lowest BCUT2D eigenvalue weighted by Gasteiger charge is -2.31. The van der Waals surface area contributed by atoms with E-state index in [1.165, 1.54) is 4.90 Å². The zero-order chi connectivity index (χ0) is 13.1. The molecule has 1 aromatic rings. The van der Waals surface area contributed by atoms with Crippen molar-refractivity contribution in [1.29, 1.82) is 0 Å². The lowest BCUT2D eigenvalue weighted by Crippen LogP contribution is -2.52. The molecule has 1 aromatic carbocycles. The molecule has 5 nitrogen and oxygen atoms in total. The fourth-order valence-electron chi connectivity index (χ4n) is 1.73. The lowest BCUT2D eigenvalue weighted by molar-refractivity contribution is -0.122. The molecular formula is C12H13ClN2O3. The summed E-state index contributed by atoms with van der Waals surface area (Å²) in [7, 11) is 1.59. The molecule has 1 heterocycles. The second-order valence-electron chi connectivity index (χ2n) is 3.97. The Morgan fingerprint density at radius 3 is 2.61 bits per heavy atom. The Hall–Kier alpha value is -1.75. The van der Waals surface area contributed by atoms with Crippen molar-refractivity contribution in [2.75, 3.05) is 7.11 Å². The monoisotopic (exact) mass is 268 g/mol. The van der Waals surface area contributed by atoms with Gasteiger partial charge in [-0.25, -0.2) is 4.79 Å². The summed E-state index contributed by atoms with van der Waals surface area (Å²) >= 11 is 6.00.